The topological polar surface area (TPSA) is 61.0 Å². The lowest BCUT2D eigenvalue weighted by Gasteiger charge is -2.11. The van der Waals surface area contributed by atoms with Crippen molar-refractivity contribution in [3.05, 3.63) is 88.1 Å². The number of carbonyl (C=O) groups excluding carboxylic acids is 1. The molecule has 8 heteroatoms. The van der Waals surface area contributed by atoms with E-state index in [4.69, 9.17) is 13.9 Å². The Morgan fingerprint density at radius 1 is 1.03 bits per heavy atom. The number of benzene rings is 2. The quantitative estimate of drug-likeness (QED) is 0.184. The summed E-state index contributed by atoms with van der Waals surface area (Å²) in [4.78, 5) is 16.4. The van der Waals surface area contributed by atoms with Gasteiger partial charge in [-0.3, -0.25) is 0 Å². The number of ether oxygens (including phenoxy) is 2. The molecule has 0 N–H and O–H groups in total. The van der Waals surface area contributed by atoms with E-state index in [2.05, 4.69) is 97.0 Å². The van der Waals surface area contributed by atoms with E-state index in [0.29, 0.717) is 12.4 Å². The van der Waals surface area contributed by atoms with Crippen molar-refractivity contribution in [2.45, 2.75) is 6.61 Å². The zero-order valence-electron chi connectivity index (χ0n) is 14.7. The van der Waals surface area contributed by atoms with Crippen molar-refractivity contribution in [2.24, 2.45) is 4.99 Å². The summed E-state index contributed by atoms with van der Waals surface area (Å²) in [6.45, 7) is 0.493. The zero-order valence-corrected chi connectivity index (χ0v) is 21.2. The Hall–Kier alpha value is -1.41. The van der Waals surface area contributed by atoms with E-state index in [9.17, 15) is 4.79 Å². The van der Waals surface area contributed by atoms with Gasteiger partial charge in [0, 0.05) is 3.57 Å². The number of carbonyl (C=O) groups is 1. The Labute approximate surface area is 208 Å². The van der Waals surface area contributed by atoms with Crippen molar-refractivity contribution >= 4 is 85.7 Å². The van der Waals surface area contributed by atoms with Gasteiger partial charge in [-0.1, -0.05) is 12.1 Å². The molecule has 0 fully saturated rings. The normalized spacial score (nSPS) is 14.8. The molecule has 5 nitrogen and oxygen atoms in total. The van der Waals surface area contributed by atoms with Gasteiger partial charge in [-0.25, -0.2) is 9.79 Å². The van der Waals surface area contributed by atoms with Crippen LogP contribution in [0.25, 0.3) is 6.08 Å². The van der Waals surface area contributed by atoms with Crippen LogP contribution in [0.1, 0.15) is 16.9 Å². The number of cyclic esters (lactones) is 1. The summed E-state index contributed by atoms with van der Waals surface area (Å²) in [6, 6.07) is 15.5. The average Bonchev–Trinajstić information content (AvgIpc) is 3.33. The molecular formula is C21H12I3NO4. The van der Waals surface area contributed by atoms with E-state index in [1.165, 1.54) is 9.83 Å². The smallest absolute Gasteiger partial charge is 0.363 e. The first-order valence-corrected chi connectivity index (χ1v) is 11.7. The van der Waals surface area contributed by atoms with Crippen LogP contribution in [0.2, 0.25) is 0 Å². The number of furan rings is 1. The Balaban J connectivity index is 1.54. The molecule has 29 heavy (non-hydrogen) atoms. The van der Waals surface area contributed by atoms with Gasteiger partial charge in [0.1, 0.15) is 12.4 Å². The number of hydrogen-bond acceptors (Lipinski definition) is 5. The summed E-state index contributed by atoms with van der Waals surface area (Å²) in [5.41, 5.74) is 2.18. The van der Waals surface area contributed by atoms with Crippen molar-refractivity contribution in [1.29, 1.82) is 0 Å². The van der Waals surface area contributed by atoms with E-state index in [1.807, 2.05) is 12.1 Å². The largest absolute Gasteiger partial charge is 0.487 e. The molecule has 2 aromatic carbocycles. The van der Waals surface area contributed by atoms with Crippen molar-refractivity contribution in [1.82, 2.24) is 0 Å². The van der Waals surface area contributed by atoms with Gasteiger partial charge in [0.25, 0.3) is 5.90 Å². The summed E-state index contributed by atoms with van der Waals surface area (Å²) < 4.78 is 19.6. The van der Waals surface area contributed by atoms with Crippen LogP contribution >= 0.6 is 67.8 Å². The van der Waals surface area contributed by atoms with E-state index in [1.54, 1.807) is 18.2 Å². The first-order chi connectivity index (χ1) is 14.0. The highest BCUT2D eigenvalue weighted by Crippen LogP contribution is 2.31. The van der Waals surface area contributed by atoms with E-state index in [-0.39, 0.29) is 11.6 Å². The molecule has 0 unspecified atom stereocenters. The maximum atomic E-state index is 12.1. The number of aliphatic imine (C=N–C) groups is 1. The molecule has 146 valence electrons. The number of nitrogens with zero attached hydrogens (tertiary/aromatic N) is 1. The molecule has 0 spiro atoms. The monoisotopic (exact) mass is 723 g/mol. The van der Waals surface area contributed by atoms with E-state index in [0.717, 1.165) is 24.0 Å². The number of esters is 1. The highest BCUT2D eigenvalue weighted by molar-refractivity contribution is 14.1. The van der Waals surface area contributed by atoms with Gasteiger partial charge < -0.3 is 13.9 Å². The lowest BCUT2D eigenvalue weighted by atomic mass is 10.2. The first kappa shape index (κ1) is 20.8. The second-order valence-corrected chi connectivity index (χ2v) is 9.61. The second kappa shape index (κ2) is 9.16. The van der Waals surface area contributed by atoms with Crippen LogP contribution < -0.4 is 4.74 Å². The van der Waals surface area contributed by atoms with Crippen LogP contribution in [0.15, 0.2) is 69.9 Å². The van der Waals surface area contributed by atoms with Gasteiger partial charge in [-0.2, -0.15) is 0 Å². The van der Waals surface area contributed by atoms with Crippen molar-refractivity contribution in [2.75, 3.05) is 0 Å². The summed E-state index contributed by atoms with van der Waals surface area (Å²) in [6.07, 6.45) is 3.21. The predicted molar refractivity (Wildman–Crippen MR) is 135 cm³/mol. The summed E-state index contributed by atoms with van der Waals surface area (Å²) in [7, 11) is 0. The van der Waals surface area contributed by atoms with E-state index >= 15 is 0 Å². The van der Waals surface area contributed by atoms with Crippen LogP contribution in [0, 0.1) is 10.7 Å². The minimum atomic E-state index is -0.500. The number of rotatable bonds is 5. The van der Waals surface area contributed by atoms with Crippen LogP contribution in [-0.4, -0.2) is 11.9 Å². The summed E-state index contributed by atoms with van der Waals surface area (Å²) in [5, 5.41) is 0. The third-order valence-electron chi connectivity index (χ3n) is 3.97. The second-order valence-electron chi connectivity index (χ2n) is 6.04. The van der Waals surface area contributed by atoms with Gasteiger partial charge in [0.15, 0.2) is 11.5 Å². The van der Waals surface area contributed by atoms with Gasteiger partial charge in [-0.15, -0.1) is 0 Å². The van der Waals surface area contributed by atoms with Crippen molar-refractivity contribution in [3.8, 4) is 5.75 Å². The highest BCUT2D eigenvalue weighted by atomic mass is 127. The Kier molecular flexibility index (Phi) is 6.59. The lowest BCUT2D eigenvalue weighted by molar-refractivity contribution is -0.130. The molecule has 0 bridgehead atoms. The van der Waals surface area contributed by atoms with Gasteiger partial charge in [0.2, 0.25) is 0 Å². The maximum absolute atomic E-state index is 12.1. The molecule has 3 aromatic rings. The molecule has 0 aliphatic carbocycles. The molecule has 1 aliphatic heterocycles. The molecular weight excluding hydrogens is 711 g/mol. The van der Waals surface area contributed by atoms with Gasteiger partial charge in [0.05, 0.1) is 13.4 Å². The minimum Gasteiger partial charge on any atom is -0.487 e. The molecule has 0 atom stereocenters. The first-order valence-electron chi connectivity index (χ1n) is 8.42. The van der Waals surface area contributed by atoms with Crippen LogP contribution in [0.5, 0.6) is 5.75 Å². The summed E-state index contributed by atoms with van der Waals surface area (Å²) in [5.74, 6) is 0.916. The van der Waals surface area contributed by atoms with Gasteiger partial charge in [-0.05, 0) is 121 Å². The Morgan fingerprint density at radius 2 is 1.76 bits per heavy atom. The fourth-order valence-electron chi connectivity index (χ4n) is 2.61. The van der Waals surface area contributed by atoms with Gasteiger partial charge >= 0.3 is 5.97 Å². The van der Waals surface area contributed by atoms with Crippen LogP contribution in [-0.2, 0) is 16.1 Å². The number of hydrogen-bond donors (Lipinski definition) is 0. The molecule has 2 heterocycles. The van der Waals surface area contributed by atoms with Crippen molar-refractivity contribution in [3.63, 3.8) is 0 Å². The van der Waals surface area contributed by atoms with Crippen LogP contribution in [0.4, 0.5) is 0 Å². The predicted octanol–water partition coefficient (Wildman–Crippen LogP) is 6.02. The minimum absolute atomic E-state index is 0.174. The standard InChI is InChI=1S/C21H12I3NO4/c22-14-5-3-12(4-6-14)11-28-19-15(23)8-13(9-16(19)24)10-17-21(26)29-20(25-17)18-2-1-7-27-18/h1-10H,11H2/b17-10-. The molecule has 1 aliphatic rings. The molecule has 0 saturated carbocycles. The SMILES string of the molecule is O=C1OC(c2ccco2)=N/C1=C\c1cc(I)c(OCc2ccc(I)cc2)c(I)c1. The van der Waals surface area contributed by atoms with E-state index < -0.39 is 5.97 Å². The van der Waals surface area contributed by atoms with Crippen molar-refractivity contribution < 1.29 is 18.7 Å². The molecule has 0 radical (unpaired) electrons. The molecule has 0 saturated heterocycles. The summed E-state index contributed by atoms with van der Waals surface area (Å²) >= 11 is 6.75. The fraction of sp³-hybridized carbons (Fsp3) is 0.0476. The molecule has 0 amide bonds. The third kappa shape index (κ3) is 5.02. The maximum Gasteiger partial charge on any atom is 0.363 e. The molecule has 1 aromatic heterocycles. The fourth-order valence-corrected chi connectivity index (χ4v) is 5.10. The third-order valence-corrected chi connectivity index (χ3v) is 6.29. The average molecular weight is 723 g/mol. The Bertz CT molecular complexity index is 1100. The number of halogens is 3. The van der Waals surface area contributed by atoms with Crippen LogP contribution in [0.3, 0.4) is 0 Å². The highest BCUT2D eigenvalue weighted by Gasteiger charge is 2.26. The lowest BCUT2D eigenvalue weighted by Crippen LogP contribution is -2.04. The zero-order chi connectivity index (χ0) is 20.4. The molecule has 4 rings (SSSR count). The Morgan fingerprint density at radius 3 is 2.41 bits per heavy atom.